The van der Waals surface area contributed by atoms with Gasteiger partial charge in [-0.15, -0.1) is 0 Å². The maximum atomic E-state index is 12.2. The highest BCUT2D eigenvalue weighted by Crippen LogP contribution is 2.23. The van der Waals surface area contributed by atoms with Crippen LogP contribution in [-0.4, -0.2) is 54.5 Å². The summed E-state index contributed by atoms with van der Waals surface area (Å²) in [6, 6.07) is 0. The van der Waals surface area contributed by atoms with Gasteiger partial charge in [0.05, 0.1) is 12.5 Å². The second-order valence-electron chi connectivity index (χ2n) is 4.41. The van der Waals surface area contributed by atoms with Crippen molar-refractivity contribution in [2.45, 2.75) is 32.0 Å². The molecular weight excluding hydrogens is 251 g/mol. The number of aliphatic hydroxyl groups is 1. The Labute approximate surface area is 104 Å². The van der Waals surface area contributed by atoms with Gasteiger partial charge in [0.25, 0.3) is 0 Å². The van der Waals surface area contributed by atoms with Crippen LogP contribution in [0.5, 0.6) is 0 Å². The van der Waals surface area contributed by atoms with E-state index in [-0.39, 0.29) is 25.0 Å². The second kappa shape index (κ2) is 6.38. The highest BCUT2D eigenvalue weighted by atomic mass is 19.4. The lowest BCUT2D eigenvalue weighted by Gasteiger charge is -2.33. The van der Waals surface area contributed by atoms with Crippen molar-refractivity contribution in [2.24, 2.45) is 5.92 Å². The Bertz CT molecular complexity index is 283. The van der Waals surface area contributed by atoms with E-state index in [2.05, 4.69) is 0 Å². The number of piperidine rings is 1. The number of nitrogens with zero attached hydrogens (tertiary/aromatic N) is 1. The van der Waals surface area contributed by atoms with Crippen LogP contribution in [0.3, 0.4) is 0 Å². The predicted octanol–water partition coefficient (Wildman–Crippen LogP) is 1.18. The summed E-state index contributed by atoms with van der Waals surface area (Å²) in [5.41, 5.74) is 0. The number of carbonyl (C=O) groups is 1. The molecule has 0 bridgehead atoms. The number of aliphatic hydroxyl groups excluding tert-OH is 1. The maximum Gasteiger partial charge on any atom is 0.415 e. The molecule has 106 valence electrons. The van der Waals surface area contributed by atoms with Crippen molar-refractivity contribution in [3.8, 4) is 0 Å². The van der Waals surface area contributed by atoms with Crippen molar-refractivity contribution < 1.29 is 27.8 Å². The third kappa shape index (κ3) is 4.45. The lowest BCUT2D eigenvalue weighted by molar-refractivity contribution is -0.209. The van der Waals surface area contributed by atoms with Crippen LogP contribution in [0.15, 0.2) is 0 Å². The van der Waals surface area contributed by atoms with E-state index in [1.165, 1.54) is 4.90 Å². The largest absolute Gasteiger partial charge is 0.466 e. The molecule has 4 nitrogen and oxygen atoms in total. The number of alkyl halides is 3. The van der Waals surface area contributed by atoms with Gasteiger partial charge >= 0.3 is 12.1 Å². The molecule has 0 aromatic rings. The van der Waals surface area contributed by atoms with Crippen LogP contribution >= 0.6 is 0 Å². The number of β-amino-alcohol motifs (C(OH)–C–C–N with tert-alkyl or cyclic N) is 1. The summed E-state index contributed by atoms with van der Waals surface area (Å²) in [5.74, 6) is -0.761. The first-order valence-electron chi connectivity index (χ1n) is 5.98. The van der Waals surface area contributed by atoms with Gasteiger partial charge in [-0.05, 0) is 26.3 Å². The van der Waals surface area contributed by atoms with Crippen LogP contribution in [0.25, 0.3) is 0 Å². The van der Waals surface area contributed by atoms with Crippen molar-refractivity contribution in [2.75, 3.05) is 26.2 Å². The zero-order chi connectivity index (χ0) is 13.8. The Morgan fingerprint density at radius 1 is 1.56 bits per heavy atom. The minimum absolute atomic E-state index is 0.214. The average Bonchev–Trinajstić information content (AvgIpc) is 2.28. The molecule has 0 saturated carbocycles. The zero-order valence-electron chi connectivity index (χ0n) is 10.2. The predicted molar refractivity (Wildman–Crippen MR) is 57.9 cm³/mol. The first-order chi connectivity index (χ1) is 8.34. The normalized spacial score (nSPS) is 23.7. The number of hydrogen-bond acceptors (Lipinski definition) is 4. The molecule has 0 radical (unpaired) electrons. The molecule has 1 heterocycles. The van der Waals surface area contributed by atoms with Crippen LogP contribution in [-0.2, 0) is 9.53 Å². The van der Waals surface area contributed by atoms with Gasteiger partial charge in [-0.1, -0.05) is 0 Å². The van der Waals surface area contributed by atoms with Crippen LogP contribution in [0.4, 0.5) is 13.2 Å². The molecule has 18 heavy (non-hydrogen) atoms. The van der Waals surface area contributed by atoms with Crippen molar-refractivity contribution in [1.29, 1.82) is 0 Å². The zero-order valence-corrected chi connectivity index (χ0v) is 10.2. The Morgan fingerprint density at radius 2 is 2.22 bits per heavy atom. The number of likely N-dealkylation sites (tertiary alicyclic amines) is 1. The average molecular weight is 269 g/mol. The van der Waals surface area contributed by atoms with E-state index in [4.69, 9.17) is 9.84 Å². The van der Waals surface area contributed by atoms with Crippen molar-refractivity contribution in [3.63, 3.8) is 0 Å². The first kappa shape index (κ1) is 15.2. The Morgan fingerprint density at radius 3 is 2.78 bits per heavy atom. The van der Waals surface area contributed by atoms with E-state index >= 15 is 0 Å². The topological polar surface area (TPSA) is 49.8 Å². The number of hydrogen-bond donors (Lipinski definition) is 1. The molecule has 1 fully saturated rings. The third-order valence-corrected chi connectivity index (χ3v) is 2.93. The molecule has 7 heteroatoms. The molecule has 0 aromatic carbocycles. The monoisotopic (exact) mass is 269 g/mol. The summed E-state index contributed by atoms with van der Waals surface area (Å²) in [7, 11) is 0. The van der Waals surface area contributed by atoms with E-state index in [1.54, 1.807) is 6.92 Å². The fourth-order valence-electron chi connectivity index (χ4n) is 2.02. The number of halogens is 3. The molecule has 1 saturated heterocycles. The van der Waals surface area contributed by atoms with Gasteiger partial charge in [-0.2, -0.15) is 13.2 Å². The summed E-state index contributed by atoms with van der Waals surface area (Å²) in [5, 5.41) is 8.98. The van der Waals surface area contributed by atoms with E-state index in [1.807, 2.05) is 0 Å². The molecular formula is C11H18F3NO3. The van der Waals surface area contributed by atoms with E-state index in [9.17, 15) is 18.0 Å². The van der Waals surface area contributed by atoms with Gasteiger partial charge < -0.3 is 9.84 Å². The maximum absolute atomic E-state index is 12.2. The third-order valence-electron chi connectivity index (χ3n) is 2.93. The van der Waals surface area contributed by atoms with Gasteiger partial charge in [-0.25, -0.2) is 0 Å². The molecule has 2 unspecified atom stereocenters. The quantitative estimate of drug-likeness (QED) is 0.779. The van der Waals surface area contributed by atoms with E-state index in [0.717, 1.165) is 0 Å². The van der Waals surface area contributed by atoms with E-state index < -0.39 is 18.8 Å². The molecule has 0 spiro atoms. The van der Waals surface area contributed by atoms with Crippen molar-refractivity contribution in [3.05, 3.63) is 0 Å². The molecule has 1 N–H and O–H groups in total. The fraction of sp³-hybridized carbons (Fsp3) is 0.909. The fourth-order valence-corrected chi connectivity index (χ4v) is 2.02. The van der Waals surface area contributed by atoms with Crippen LogP contribution in [0.1, 0.15) is 19.8 Å². The SMILES string of the molecule is CCOC(=O)C1CCCN(CC(O)C(F)(F)F)C1. The first-order valence-corrected chi connectivity index (χ1v) is 5.98. The Hall–Kier alpha value is -0.820. The molecule has 2 atom stereocenters. The molecule has 0 aliphatic carbocycles. The van der Waals surface area contributed by atoms with Gasteiger partial charge in [0.2, 0.25) is 0 Å². The Kier molecular flexibility index (Phi) is 5.40. The molecule has 1 rings (SSSR count). The van der Waals surface area contributed by atoms with Crippen LogP contribution < -0.4 is 0 Å². The molecule has 0 amide bonds. The van der Waals surface area contributed by atoms with E-state index in [0.29, 0.717) is 19.4 Å². The van der Waals surface area contributed by atoms with Gasteiger partial charge in [0.15, 0.2) is 6.10 Å². The highest BCUT2D eigenvalue weighted by molar-refractivity contribution is 5.72. The highest BCUT2D eigenvalue weighted by Gasteiger charge is 2.40. The van der Waals surface area contributed by atoms with Gasteiger partial charge in [0.1, 0.15) is 0 Å². The lowest BCUT2D eigenvalue weighted by Crippen LogP contribution is -2.46. The van der Waals surface area contributed by atoms with Crippen LogP contribution in [0.2, 0.25) is 0 Å². The summed E-state index contributed by atoms with van der Waals surface area (Å²) in [6.07, 6.45) is -5.72. The number of ether oxygens (including phenoxy) is 1. The molecule has 0 aromatic heterocycles. The second-order valence-corrected chi connectivity index (χ2v) is 4.41. The standard InChI is InChI=1S/C11H18F3NO3/c1-2-18-10(17)8-4-3-5-15(6-8)7-9(16)11(12,13)14/h8-9,16H,2-7H2,1H3. The lowest BCUT2D eigenvalue weighted by atomic mass is 9.98. The number of rotatable bonds is 4. The van der Waals surface area contributed by atoms with Crippen molar-refractivity contribution >= 4 is 5.97 Å². The summed E-state index contributed by atoms with van der Waals surface area (Å²) < 4.78 is 41.5. The summed E-state index contributed by atoms with van der Waals surface area (Å²) >= 11 is 0. The minimum atomic E-state index is -4.61. The smallest absolute Gasteiger partial charge is 0.415 e. The van der Waals surface area contributed by atoms with Gasteiger partial charge in [-0.3, -0.25) is 9.69 Å². The molecule has 1 aliphatic heterocycles. The van der Waals surface area contributed by atoms with Crippen molar-refractivity contribution in [1.82, 2.24) is 4.90 Å². The molecule has 1 aliphatic rings. The minimum Gasteiger partial charge on any atom is -0.466 e. The summed E-state index contributed by atoms with van der Waals surface area (Å²) in [4.78, 5) is 13.0. The Balaban J connectivity index is 2.46. The number of esters is 1. The summed E-state index contributed by atoms with van der Waals surface area (Å²) in [6.45, 7) is 2.14. The van der Waals surface area contributed by atoms with Crippen LogP contribution in [0, 0.1) is 5.92 Å². The number of carbonyl (C=O) groups excluding carboxylic acids is 1. The van der Waals surface area contributed by atoms with Gasteiger partial charge in [0, 0.05) is 13.1 Å².